The largest absolute Gasteiger partial charge is 0.364 e. The highest BCUT2D eigenvalue weighted by Gasteiger charge is 2.12. The van der Waals surface area contributed by atoms with Crippen LogP contribution in [0.3, 0.4) is 0 Å². The number of Topliss-reactive ketones (excluding diaryl/α,β-unsaturated/α-hetero) is 1. The van der Waals surface area contributed by atoms with Crippen LogP contribution < -0.4 is 4.90 Å². The molecule has 0 fully saturated rings. The van der Waals surface area contributed by atoms with E-state index in [1.165, 1.54) is 4.88 Å². The molecule has 0 spiro atoms. The number of carbonyl (C=O) groups excluding carboxylic acids is 1. The smallest absolute Gasteiger partial charge is 0.159 e. The number of hydrogen-bond acceptors (Lipinski definition) is 3. The van der Waals surface area contributed by atoms with Crippen LogP contribution in [-0.4, -0.2) is 11.8 Å². The molecule has 1 aromatic carbocycles. The van der Waals surface area contributed by atoms with Gasteiger partial charge >= 0.3 is 0 Å². The van der Waals surface area contributed by atoms with E-state index in [1.807, 2.05) is 24.3 Å². The van der Waals surface area contributed by atoms with Crippen molar-refractivity contribution in [3.63, 3.8) is 0 Å². The Bertz CT molecular complexity index is 528. The van der Waals surface area contributed by atoms with E-state index < -0.39 is 0 Å². The number of thiophene rings is 1. The van der Waals surface area contributed by atoms with Crippen molar-refractivity contribution in [1.82, 2.24) is 0 Å². The lowest BCUT2D eigenvalue weighted by Gasteiger charge is -2.28. The van der Waals surface area contributed by atoms with Crippen LogP contribution in [0.4, 0.5) is 5.69 Å². The van der Waals surface area contributed by atoms with Crippen LogP contribution >= 0.6 is 11.3 Å². The topological polar surface area (TPSA) is 20.3 Å². The molecular formula is C16H19NOS. The Balaban J connectivity index is 2.21. The molecule has 0 atom stereocenters. The molecule has 0 aliphatic rings. The second kappa shape index (κ2) is 6.02. The molecule has 0 saturated carbocycles. The molecule has 0 radical (unpaired) electrons. The lowest BCUT2D eigenvalue weighted by Crippen LogP contribution is -2.29. The van der Waals surface area contributed by atoms with E-state index in [9.17, 15) is 4.79 Å². The lowest BCUT2D eigenvalue weighted by molar-refractivity contribution is 0.101. The van der Waals surface area contributed by atoms with Crippen molar-refractivity contribution in [3.8, 4) is 0 Å². The number of anilines is 1. The Morgan fingerprint density at radius 3 is 2.37 bits per heavy atom. The van der Waals surface area contributed by atoms with E-state index in [4.69, 9.17) is 0 Å². The van der Waals surface area contributed by atoms with Crippen LogP contribution in [0.25, 0.3) is 0 Å². The van der Waals surface area contributed by atoms with E-state index in [0.29, 0.717) is 6.04 Å². The fourth-order valence-corrected chi connectivity index (χ4v) is 2.73. The third-order valence-electron chi connectivity index (χ3n) is 3.14. The molecule has 2 aromatic rings. The summed E-state index contributed by atoms with van der Waals surface area (Å²) in [5.74, 6) is 0.112. The molecule has 0 aliphatic carbocycles. The van der Waals surface area contributed by atoms with Crippen molar-refractivity contribution < 1.29 is 4.79 Å². The normalized spacial score (nSPS) is 10.7. The summed E-state index contributed by atoms with van der Waals surface area (Å²) in [6.07, 6.45) is 0. The summed E-state index contributed by atoms with van der Waals surface area (Å²) in [5, 5.41) is 2.10. The zero-order valence-corrected chi connectivity index (χ0v) is 12.4. The van der Waals surface area contributed by atoms with Gasteiger partial charge in [0.25, 0.3) is 0 Å². The minimum absolute atomic E-state index is 0.112. The molecule has 100 valence electrons. The predicted molar refractivity (Wildman–Crippen MR) is 82.1 cm³/mol. The summed E-state index contributed by atoms with van der Waals surface area (Å²) in [5.41, 5.74) is 1.93. The molecule has 1 heterocycles. The van der Waals surface area contributed by atoms with Gasteiger partial charge in [-0.1, -0.05) is 6.07 Å². The Morgan fingerprint density at radius 2 is 1.89 bits per heavy atom. The standard InChI is InChI=1S/C16H19NOS/c1-12(2)17(11-16-5-4-10-19-16)15-8-6-14(7-9-15)13(3)18/h4-10,12H,11H2,1-3H3. The van der Waals surface area contributed by atoms with Gasteiger partial charge in [0.15, 0.2) is 5.78 Å². The number of ketones is 1. The van der Waals surface area contributed by atoms with E-state index >= 15 is 0 Å². The summed E-state index contributed by atoms with van der Waals surface area (Å²) >= 11 is 1.78. The minimum Gasteiger partial charge on any atom is -0.364 e. The van der Waals surface area contributed by atoms with E-state index in [2.05, 4.69) is 36.3 Å². The SMILES string of the molecule is CC(=O)c1ccc(N(Cc2cccs2)C(C)C)cc1. The fourth-order valence-electron chi connectivity index (χ4n) is 2.03. The molecule has 19 heavy (non-hydrogen) atoms. The number of rotatable bonds is 5. The van der Waals surface area contributed by atoms with Crippen LogP contribution in [0.1, 0.15) is 36.0 Å². The molecule has 0 bridgehead atoms. The van der Waals surface area contributed by atoms with Crippen LogP contribution in [-0.2, 0) is 6.54 Å². The van der Waals surface area contributed by atoms with Gasteiger partial charge in [0.1, 0.15) is 0 Å². The highest BCUT2D eigenvalue weighted by atomic mass is 32.1. The Morgan fingerprint density at radius 1 is 1.21 bits per heavy atom. The summed E-state index contributed by atoms with van der Waals surface area (Å²) in [4.78, 5) is 15.0. The number of benzene rings is 1. The summed E-state index contributed by atoms with van der Waals surface area (Å²) in [7, 11) is 0. The average Bonchev–Trinajstić information content (AvgIpc) is 2.88. The van der Waals surface area contributed by atoms with E-state index in [-0.39, 0.29) is 5.78 Å². The maximum Gasteiger partial charge on any atom is 0.159 e. The van der Waals surface area contributed by atoms with Crippen molar-refractivity contribution in [3.05, 3.63) is 52.2 Å². The molecule has 0 aliphatic heterocycles. The van der Waals surface area contributed by atoms with Gasteiger partial charge in [0.05, 0.1) is 6.54 Å². The molecule has 2 rings (SSSR count). The molecule has 0 saturated heterocycles. The zero-order valence-electron chi connectivity index (χ0n) is 11.6. The summed E-state index contributed by atoms with van der Waals surface area (Å²) in [6.45, 7) is 6.88. The second-order valence-corrected chi connectivity index (χ2v) is 5.94. The van der Waals surface area contributed by atoms with Crippen LogP contribution in [0.15, 0.2) is 41.8 Å². The molecule has 0 unspecified atom stereocenters. The van der Waals surface area contributed by atoms with Gasteiger partial charge in [-0.2, -0.15) is 0 Å². The molecule has 1 aromatic heterocycles. The first-order valence-electron chi connectivity index (χ1n) is 6.48. The third-order valence-corrected chi connectivity index (χ3v) is 4.00. The maximum absolute atomic E-state index is 11.3. The molecule has 2 nitrogen and oxygen atoms in total. The van der Waals surface area contributed by atoms with Crippen molar-refractivity contribution in [1.29, 1.82) is 0 Å². The Hall–Kier alpha value is -1.61. The fraction of sp³-hybridized carbons (Fsp3) is 0.312. The maximum atomic E-state index is 11.3. The minimum atomic E-state index is 0.112. The van der Waals surface area contributed by atoms with Gasteiger partial charge in [-0.15, -0.1) is 11.3 Å². The zero-order chi connectivity index (χ0) is 13.8. The van der Waals surface area contributed by atoms with Gasteiger partial charge < -0.3 is 4.90 Å². The van der Waals surface area contributed by atoms with E-state index in [1.54, 1.807) is 18.3 Å². The predicted octanol–water partition coefficient (Wildman–Crippen LogP) is 4.37. The van der Waals surface area contributed by atoms with Crippen molar-refractivity contribution in [2.24, 2.45) is 0 Å². The Labute approximate surface area is 118 Å². The van der Waals surface area contributed by atoms with Gasteiger partial charge in [-0.3, -0.25) is 4.79 Å². The Kier molecular flexibility index (Phi) is 4.38. The van der Waals surface area contributed by atoms with Gasteiger partial charge in [-0.05, 0) is 56.5 Å². The highest BCUT2D eigenvalue weighted by molar-refractivity contribution is 7.09. The van der Waals surface area contributed by atoms with Crippen molar-refractivity contribution in [2.75, 3.05) is 4.90 Å². The van der Waals surface area contributed by atoms with Crippen LogP contribution in [0.5, 0.6) is 0 Å². The first-order valence-corrected chi connectivity index (χ1v) is 7.36. The van der Waals surface area contributed by atoms with E-state index in [0.717, 1.165) is 17.8 Å². The first-order chi connectivity index (χ1) is 9.08. The quantitative estimate of drug-likeness (QED) is 0.754. The number of nitrogens with zero attached hydrogens (tertiary/aromatic N) is 1. The third kappa shape index (κ3) is 3.44. The van der Waals surface area contributed by atoms with Crippen molar-refractivity contribution in [2.45, 2.75) is 33.4 Å². The molecule has 0 amide bonds. The van der Waals surface area contributed by atoms with Crippen LogP contribution in [0, 0.1) is 0 Å². The van der Waals surface area contributed by atoms with Gasteiger partial charge in [0.2, 0.25) is 0 Å². The molecule has 3 heteroatoms. The van der Waals surface area contributed by atoms with Gasteiger partial charge in [0, 0.05) is 22.2 Å². The number of hydrogen-bond donors (Lipinski definition) is 0. The van der Waals surface area contributed by atoms with Crippen molar-refractivity contribution >= 4 is 22.8 Å². The second-order valence-electron chi connectivity index (χ2n) is 4.90. The molecule has 0 N–H and O–H groups in total. The lowest BCUT2D eigenvalue weighted by atomic mass is 10.1. The summed E-state index contributed by atoms with van der Waals surface area (Å²) < 4.78 is 0. The molecular weight excluding hydrogens is 254 g/mol. The first kappa shape index (κ1) is 13.8. The van der Waals surface area contributed by atoms with Gasteiger partial charge in [-0.25, -0.2) is 0 Å². The monoisotopic (exact) mass is 273 g/mol. The highest BCUT2D eigenvalue weighted by Crippen LogP contribution is 2.22. The van der Waals surface area contributed by atoms with Crippen LogP contribution in [0.2, 0.25) is 0 Å². The number of carbonyl (C=O) groups is 1. The average molecular weight is 273 g/mol. The summed E-state index contributed by atoms with van der Waals surface area (Å²) in [6, 6.07) is 12.5.